The number of hydrogen-bond donors (Lipinski definition) is 2. The summed E-state index contributed by atoms with van der Waals surface area (Å²) in [7, 11) is 0. The molecule has 186 valence electrons. The van der Waals surface area contributed by atoms with E-state index in [0.717, 1.165) is 23.5 Å². The van der Waals surface area contributed by atoms with Gasteiger partial charge >= 0.3 is 5.97 Å². The minimum Gasteiger partial charge on any atom is -0.481 e. The topological polar surface area (TPSA) is 160 Å². The maximum atomic E-state index is 11.3. The van der Waals surface area contributed by atoms with E-state index in [2.05, 4.69) is 31.2 Å². The van der Waals surface area contributed by atoms with Gasteiger partial charge in [-0.05, 0) is 50.2 Å². The number of carboxylic acid groups (broad SMARTS) is 1. The van der Waals surface area contributed by atoms with Gasteiger partial charge in [-0.2, -0.15) is 5.26 Å². The van der Waals surface area contributed by atoms with Crippen molar-refractivity contribution in [2.45, 2.75) is 25.9 Å². The number of rotatable bonds is 7. The summed E-state index contributed by atoms with van der Waals surface area (Å²) in [5.74, 6) is -0.975. The molecule has 3 aromatic heterocycles. The van der Waals surface area contributed by atoms with E-state index < -0.39 is 5.97 Å². The Kier molecular flexibility index (Phi) is 6.57. The quantitative estimate of drug-likeness (QED) is 0.390. The first-order chi connectivity index (χ1) is 17.9. The van der Waals surface area contributed by atoms with Crippen LogP contribution >= 0.6 is 0 Å². The molecule has 0 radical (unpaired) electrons. The Hall–Kier alpha value is -4.69. The standard InChI is InChI=1S/C26H25N9O2/c1-16(34-9-8-19(13-34)25(36)37)21-7-3-6-20(29-21)14-35-15-24(32-33-35)23-11-22(30-26(28)31-23)18-5-2-4-17(10-18)12-27/h2-7,10-11,15-16,19H,8-9,13-14H2,1H3,(H,36,37)(H2,28,30,31)/t16?,19-/m0/s1. The summed E-state index contributed by atoms with van der Waals surface area (Å²) < 4.78 is 1.68. The van der Waals surface area contributed by atoms with Crippen LogP contribution in [0.5, 0.6) is 0 Å². The van der Waals surface area contributed by atoms with Gasteiger partial charge in [0.1, 0.15) is 5.69 Å². The number of carbonyl (C=O) groups is 1. The largest absolute Gasteiger partial charge is 0.481 e. The van der Waals surface area contributed by atoms with Gasteiger partial charge in [-0.25, -0.2) is 14.6 Å². The summed E-state index contributed by atoms with van der Waals surface area (Å²) in [5.41, 5.74) is 10.6. The highest BCUT2D eigenvalue weighted by atomic mass is 16.4. The van der Waals surface area contributed by atoms with Crippen molar-refractivity contribution in [1.82, 2.24) is 34.8 Å². The second-order valence-electron chi connectivity index (χ2n) is 9.04. The fraction of sp³-hybridized carbons (Fsp3) is 0.269. The molecule has 0 bridgehead atoms. The summed E-state index contributed by atoms with van der Waals surface area (Å²) in [6.07, 6.45) is 2.42. The predicted octanol–water partition coefficient (Wildman–Crippen LogP) is 2.77. The molecule has 1 saturated heterocycles. The van der Waals surface area contributed by atoms with Crippen molar-refractivity contribution in [2.24, 2.45) is 5.92 Å². The van der Waals surface area contributed by atoms with Crippen LogP contribution in [-0.2, 0) is 11.3 Å². The molecular weight excluding hydrogens is 470 g/mol. The highest BCUT2D eigenvalue weighted by Gasteiger charge is 2.31. The smallest absolute Gasteiger partial charge is 0.307 e. The number of benzene rings is 1. The molecule has 1 aromatic carbocycles. The average Bonchev–Trinajstić information content (AvgIpc) is 3.59. The Morgan fingerprint density at radius 1 is 1.16 bits per heavy atom. The minimum absolute atomic E-state index is 0.0116. The third kappa shape index (κ3) is 5.29. The van der Waals surface area contributed by atoms with Crippen LogP contribution in [0.2, 0.25) is 0 Å². The number of pyridine rings is 1. The van der Waals surface area contributed by atoms with Crippen molar-refractivity contribution in [3.63, 3.8) is 0 Å². The van der Waals surface area contributed by atoms with E-state index in [1.54, 1.807) is 35.1 Å². The van der Waals surface area contributed by atoms with Crippen molar-refractivity contribution < 1.29 is 9.90 Å². The maximum absolute atomic E-state index is 11.3. The fourth-order valence-electron chi connectivity index (χ4n) is 4.50. The number of hydrogen-bond acceptors (Lipinski definition) is 9. The van der Waals surface area contributed by atoms with Gasteiger partial charge in [0.25, 0.3) is 0 Å². The van der Waals surface area contributed by atoms with E-state index in [1.807, 2.05) is 31.2 Å². The Morgan fingerprint density at radius 2 is 1.97 bits per heavy atom. The maximum Gasteiger partial charge on any atom is 0.307 e. The summed E-state index contributed by atoms with van der Waals surface area (Å²) in [6, 6.07) is 16.8. The molecule has 0 amide bonds. The van der Waals surface area contributed by atoms with Crippen LogP contribution in [0.3, 0.4) is 0 Å². The number of nitrogens with zero attached hydrogens (tertiary/aromatic N) is 8. The van der Waals surface area contributed by atoms with Gasteiger partial charge in [0.05, 0.1) is 53.1 Å². The van der Waals surface area contributed by atoms with Gasteiger partial charge < -0.3 is 10.8 Å². The van der Waals surface area contributed by atoms with E-state index in [-0.39, 0.29) is 17.9 Å². The molecule has 0 saturated carbocycles. The molecule has 1 aliphatic rings. The molecule has 4 aromatic rings. The molecule has 4 heterocycles. The van der Waals surface area contributed by atoms with Crippen LogP contribution in [0.15, 0.2) is 54.7 Å². The van der Waals surface area contributed by atoms with Crippen molar-refractivity contribution in [2.75, 3.05) is 18.8 Å². The molecule has 0 aliphatic carbocycles. The van der Waals surface area contributed by atoms with Gasteiger partial charge in [0.15, 0.2) is 0 Å². The molecule has 1 unspecified atom stereocenters. The second-order valence-corrected chi connectivity index (χ2v) is 9.04. The fourth-order valence-corrected chi connectivity index (χ4v) is 4.50. The third-order valence-electron chi connectivity index (χ3n) is 6.53. The first-order valence-electron chi connectivity index (χ1n) is 11.9. The molecule has 2 atom stereocenters. The number of nitrogens with two attached hydrogens (primary N) is 1. The van der Waals surface area contributed by atoms with Crippen LogP contribution < -0.4 is 5.73 Å². The molecule has 0 spiro atoms. The molecule has 37 heavy (non-hydrogen) atoms. The molecule has 3 N–H and O–H groups in total. The normalized spacial score (nSPS) is 16.4. The van der Waals surface area contributed by atoms with Crippen LogP contribution in [0.1, 0.15) is 36.3 Å². The summed E-state index contributed by atoms with van der Waals surface area (Å²) in [5, 5.41) is 27.0. The van der Waals surface area contributed by atoms with Crippen LogP contribution in [-0.4, -0.2) is 59.0 Å². The Balaban J connectivity index is 1.33. The number of aromatic nitrogens is 6. The lowest BCUT2D eigenvalue weighted by atomic mass is 10.1. The van der Waals surface area contributed by atoms with Crippen molar-refractivity contribution in [3.8, 4) is 28.7 Å². The summed E-state index contributed by atoms with van der Waals surface area (Å²) in [6.45, 7) is 3.72. The minimum atomic E-state index is -0.744. The first kappa shape index (κ1) is 24.0. The van der Waals surface area contributed by atoms with E-state index in [0.29, 0.717) is 42.2 Å². The molecule has 5 rings (SSSR count). The van der Waals surface area contributed by atoms with E-state index in [9.17, 15) is 15.2 Å². The molecule has 11 heteroatoms. The Morgan fingerprint density at radius 3 is 2.76 bits per heavy atom. The average molecular weight is 496 g/mol. The number of likely N-dealkylation sites (tertiary alicyclic amines) is 1. The van der Waals surface area contributed by atoms with Gasteiger partial charge in [-0.1, -0.05) is 23.4 Å². The molecule has 1 fully saturated rings. The van der Waals surface area contributed by atoms with Gasteiger partial charge in [0.2, 0.25) is 5.95 Å². The van der Waals surface area contributed by atoms with Crippen molar-refractivity contribution in [1.29, 1.82) is 5.26 Å². The zero-order chi connectivity index (χ0) is 25.9. The number of carboxylic acids is 1. The van der Waals surface area contributed by atoms with Crippen molar-refractivity contribution in [3.05, 3.63) is 71.7 Å². The number of nitriles is 1. The van der Waals surface area contributed by atoms with Crippen LogP contribution in [0.4, 0.5) is 5.95 Å². The third-order valence-corrected chi connectivity index (χ3v) is 6.53. The number of aliphatic carboxylic acids is 1. The van der Waals surface area contributed by atoms with E-state index in [1.165, 1.54) is 0 Å². The second kappa shape index (κ2) is 10.1. The number of anilines is 1. The number of nitrogen functional groups attached to an aromatic ring is 1. The highest BCUT2D eigenvalue weighted by Crippen LogP contribution is 2.27. The van der Waals surface area contributed by atoms with Gasteiger partial charge in [-0.15, -0.1) is 5.10 Å². The van der Waals surface area contributed by atoms with E-state index >= 15 is 0 Å². The monoisotopic (exact) mass is 495 g/mol. The SMILES string of the molecule is CC(c1cccc(Cn2cc(-c3cc(-c4cccc(C#N)c4)nc(N)n3)nn2)n1)N1CC[C@H](C(=O)O)C1. The van der Waals surface area contributed by atoms with E-state index in [4.69, 9.17) is 10.7 Å². The lowest BCUT2D eigenvalue weighted by molar-refractivity contribution is -0.141. The highest BCUT2D eigenvalue weighted by molar-refractivity contribution is 5.70. The van der Waals surface area contributed by atoms with Crippen LogP contribution in [0, 0.1) is 17.2 Å². The predicted molar refractivity (Wildman–Crippen MR) is 135 cm³/mol. The summed E-state index contributed by atoms with van der Waals surface area (Å²) in [4.78, 5) is 26.9. The van der Waals surface area contributed by atoms with Crippen molar-refractivity contribution >= 4 is 11.9 Å². The zero-order valence-corrected chi connectivity index (χ0v) is 20.2. The molecular formula is C26H25N9O2. The zero-order valence-electron chi connectivity index (χ0n) is 20.2. The first-order valence-corrected chi connectivity index (χ1v) is 11.9. The Labute approximate surface area is 213 Å². The molecule has 11 nitrogen and oxygen atoms in total. The lowest BCUT2D eigenvalue weighted by Crippen LogP contribution is -2.27. The lowest BCUT2D eigenvalue weighted by Gasteiger charge is -2.23. The Bertz CT molecular complexity index is 1490. The summed E-state index contributed by atoms with van der Waals surface area (Å²) >= 11 is 0. The van der Waals surface area contributed by atoms with Crippen LogP contribution in [0.25, 0.3) is 22.6 Å². The van der Waals surface area contributed by atoms with Gasteiger partial charge in [0, 0.05) is 18.2 Å². The molecule has 1 aliphatic heterocycles. The van der Waals surface area contributed by atoms with Gasteiger partial charge in [-0.3, -0.25) is 14.7 Å².